The van der Waals surface area contributed by atoms with E-state index < -0.39 is 47.2 Å². The maximum atomic E-state index is 12.3. The lowest BCUT2D eigenvalue weighted by Crippen LogP contribution is -2.45. The van der Waals surface area contributed by atoms with Crippen LogP contribution in [0.2, 0.25) is 5.02 Å². The van der Waals surface area contributed by atoms with Gasteiger partial charge < -0.3 is 26.4 Å². The summed E-state index contributed by atoms with van der Waals surface area (Å²) in [6.07, 6.45) is -2.32. The molecule has 0 radical (unpaired) electrons. The molecule has 0 spiro atoms. The van der Waals surface area contributed by atoms with Gasteiger partial charge in [-0.3, -0.25) is 9.36 Å². The maximum absolute atomic E-state index is 12.3. The van der Waals surface area contributed by atoms with E-state index in [-0.39, 0.29) is 16.3 Å². The van der Waals surface area contributed by atoms with E-state index in [1.165, 1.54) is 35.3 Å². The summed E-state index contributed by atoms with van der Waals surface area (Å²) in [5.41, 5.74) is 12.4. The van der Waals surface area contributed by atoms with E-state index in [0.717, 1.165) is 0 Å². The highest BCUT2D eigenvalue weighted by Gasteiger charge is 2.44. The van der Waals surface area contributed by atoms with Crippen LogP contribution in [0.25, 0.3) is 11.2 Å². The Bertz CT molecular complexity index is 1320. The molecule has 1 amide bonds. The number of amides is 1. The monoisotopic (exact) mass is 497 g/mol. The predicted octanol–water partition coefficient (Wildman–Crippen LogP) is -0.867. The number of pyridine rings is 1. The third-order valence-electron chi connectivity index (χ3n) is 5.10. The number of nitrogens with zero attached hydrogens (tertiary/aromatic N) is 3. The number of aromatic nitrogens is 3. The van der Waals surface area contributed by atoms with Crippen LogP contribution in [0.5, 0.6) is 0 Å². The molecule has 0 bridgehead atoms. The van der Waals surface area contributed by atoms with Gasteiger partial charge in [-0.05, 0) is 18.2 Å². The van der Waals surface area contributed by atoms with Crippen molar-refractivity contribution in [2.24, 2.45) is 0 Å². The third-order valence-corrected chi connectivity index (χ3v) is 6.43. The number of aliphatic hydroxyl groups excluding tert-OH is 2. The summed E-state index contributed by atoms with van der Waals surface area (Å²) >= 11 is 5.85. The van der Waals surface area contributed by atoms with Crippen molar-refractivity contribution in [2.75, 3.05) is 18.0 Å². The number of nitrogens with one attached hydrogen (secondary N) is 2. The number of imidazole rings is 1. The number of fused-ring (bicyclic) bond motifs is 1. The molecule has 2 aromatic heterocycles. The summed E-state index contributed by atoms with van der Waals surface area (Å²) in [4.78, 5) is 20.6. The Morgan fingerprint density at radius 1 is 1.21 bits per heavy atom. The minimum absolute atomic E-state index is 0.0748. The van der Waals surface area contributed by atoms with E-state index in [1.807, 2.05) is 0 Å². The molecule has 1 aliphatic rings. The second kappa shape index (κ2) is 8.74. The summed E-state index contributed by atoms with van der Waals surface area (Å²) in [5, 5.41) is 20.9. The molecule has 13 nitrogen and oxygen atoms in total. The number of benzene rings is 1. The van der Waals surface area contributed by atoms with Crippen LogP contribution in [0.4, 0.5) is 11.4 Å². The topological polar surface area (TPSA) is 208 Å². The molecule has 0 aliphatic carbocycles. The number of carbonyl (C=O) groups excluding carboxylic acids is 1. The first kappa shape index (κ1) is 23.2. The zero-order valence-corrected chi connectivity index (χ0v) is 18.4. The lowest BCUT2D eigenvalue weighted by molar-refractivity contribution is -0.0330. The number of hydrogen-bond acceptors (Lipinski definition) is 10. The van der Waals surface area contributed by atoms with Crippen molar-refractivity contribution >= 4 is 50.3 Å². The van der Waals surface area contributed by atoms with E-state index in [9.17, 15) is 23.4 Å². The van der Waals surface area contributed by atoms with Gasteiger partial charge in [0.15, 0.2) is 11.9 Å². The molecule has 8 N–H and O–H groups in total. The smallest absolute Gasteiger partial charge is 0.301 e. The first-order valence-electron chi connectivity index (χ1n) is 9.53. The molecule has 4 rings (SSSR count). The molecule has 176 valence electrons. The van der Waals surface area contributed by atoms with Crippen molar-refractivity contribution < 1.29 is 28.2 Å². The minimum Gasteiger partial charge on any atom is -0.397 e. The van der Waals surface area contributed by atoms with Crippen molar-refractivity contribution in [2.45, 2.75) is 24.5 Å². The number of carbonyl (C=O) groups is 1. The van der Waals surface area contributed by atoms with Crippen LogP contribution in [0, 0.1) is 0 Å². The number of anilines is 2. The Morgan fingerprint density at radius 2 is 1.97 bits per heavy atom. The molecule has 1 saturated heterocycles. The van der Waals surface area contributed by atoms with Gasteiger partial charge in [-0.15, -0.1) is 0 Å². The van der Waals surface area contributed by atoms with Crippen LogP contribution in [0.3, 0.4) is 0 Å². The van der Waals surface area contributed by atoms with E-state index in [2.05, 4.69) is 14.7 Å². The lowest BCUT2D eigenvalue weighted by Gasteiger charge is -2.17. The van der Waals surface area contributed by atoms with Gasteiger partial charge in [0.2, 0.25) is 0 Å². The predicted molar refractivity (Wildman–Crippen MR) is 118 cm³/mol. The summed E-state index contributed by atoms with van der Waals surface area (Å²) in [6, 6.07) is 5.77. The number of rotatable bonds is 6. The van der Waals surface area contributed by atoms with E-state index in [0.29, 0.717) is 16.9 Å². The Morgan fingerprint density at radius 3 is 2.73 bits per heavy atom. The van der Waals surface area contributed by atoms with Crippen LogP contribution in [-0.2, 0) is 14.9 Å². The zero-order chi connectivity index (χ0) is 23.9. The van der Waals surface area contributed by atoms with Gasteiger partial charge in [0.05, 0.1) is 28.3 Å². The van der Waals surface area contributed by atoms with Gasteiger partial charge in [-0.1, -0.05) is 17.7 Å². The fraction of sp³-hybridized carbons (Fsp3) is 0.278. The molecule has 3 aromatic rings. The average Bonchev–Trinajstić information content (AvgIpc) is 3.31. The molecular weight excluding hydrogens is 478 g/mol. The maximum Gasteiger partial charge on any atom is 0.301 e. The molecule has 1 aromatic carbocycles. The molecule has 1 fully saturated rings. The molecule has 33 heavy (non-hydrogen) atoms. The fourth-order valence-electron chi connectivity index (χ4n) is 3.41. The molecular formula is C18H20ClN7O6S. The average molecular weight is 498 g/mol. The van der Waals surface area contributed by atoms with Crippen molar-refractivity contribution in [3.8, 4) is 0 Å². The molecule has 15 heteroatoms. The second-order valence-corrected chi connectivity index (χ2v) is 9.16. The van der Waals surface area contributed by atoms with E-state index in [4.69, 9.17) is 27.8 Å². The number of halogens is 1. The molecule has 0 saturated carbocycles. The molecule has 3 heterocycles. The Balaban J connectivity index is 1.44. The van der Waals surface area contributed by atoms with E-state index in [1.54, 1.807) is 10.8 Å². The van der Waals surface area contributed by atoms with Crippen molar-refractivity contribution in [3.05, 3.63) is 47.4 Å². The van der Waals surface area contributed by atoms with Crippen LogP contribution < -0.4 is 20.9 Å². The Kier molecular flexibility index (Phi) is 6.13. The largest absolute Gasteiger partial charge is 0.397 e. The highest BCUT2D eigenvalue weighted by Crippen LogP contribution is 2.32. The van der Waals surface area contributed by atoms with Gasteiger partial charge in [0.1, 0.15) is 23.8 Å². The van der Waals surface area contributed by atoms with Crippen molar-refractivity contribution in [3.63, 3.8) is 0 Å². The van der Waals surface area contributed by atoms with Gasteiger partial charge in [0.25, 0.3) is 5.91 Å². The number of nitrogen functional groups attached to an aromatic ring is 2. The van der Waals surface area contributed by atoms with Gasteiger partial charge in [0, 0.05) is 12.7 Å². The van der Waals surface area contributed by atoms with Gasteiger partial charge in [-0.2, -0.15) is 13.1 Å². The molecule has 4 atom stereocenters. The molecule has 1 aliphatic heterocycles. The Hall–Kier alpha value is -3.01. The first-order valence-corrected chi connectivity index (χ1v) is 11.4. The highest BCUT2D eigenvalue weighted by molar-refractivity contribution is 7.88. The number of aliphatic hydroxyl groups is 2. The van der Waals surface area contributed by atoms with Crippen LogP contribution in [-0.4, -0.2) is 63.9 Å². The SMILES string of the molecule is Nc1c(Cl)cccc1C(=O)NS(=O)(=O)NC[C@H]1O[C@@H](n2cnc3c(N)ccnc32)[C@H](O)[C@@H]1O. The fourth-order valence-corrected chi connectivity index (χ4v) is 4.39. The minimum atomic E-state index is -4.37. The van der Waals surface area contributed by atoms with Crippen LogP contribution >= 0.6 is 11.6 Å². The summed E-state index contributed by atoms with van der Waals surface area (Å²) < 4.78 is 35.6. The number of nitrogens with two attached hydrogens (primary N) is 2. The second-order valence-electron chi connectivity index (χ2n) is 7.25. The lowest BCUT2D eigenvalue weighted by atomic mass is 10.1. The standard InChI is InChI=1S/C18H20ClN7O6S/c19-9-3-1-2-8(12(9)21)17(29)25-33(30,31)24-6-11-14(27)15(28)18(32-11)26-7-23-13-10(20)4-5-22-16(13)26/h1-5,7,11,14-15,18,24,27-28H,6,21H2,(H2,20,22)(H,25,29)/t11-,14-,15-,18-/m1/s1. The normalized spacial score (nSPS) is 23.1. The summed E-state index contributed by atoms with van der Waals surface area (Å²) in [6.45, 7) is -0.454. The van der Waals surface area contributed by atoms with Gasteiger partial charge >= 0.3 is 10.2 Å². The van der Waals surface area contributed by atoms with Crippen molar-refractivity contribution in [1.82, 2.24) is 24.0 Å². The first-order chi connectivity index (χ1) is 15.6. The molecule has 0 unspecified atom stereocenters. The number of hydrogen-bond donors (Lipinski definition) is 6. The quantitative estimate of drug-likeness (QED) is 0.232. The third kappa shape index (κ3) is 4.44. The van der Waals surface area contributed by atoms with Crippen LogP contribution in [0.15, 0.2) is 36.8 Å². The zero-order valence-electron chi connectivity index (χ0n) is 16.8. The number of para-hydroxylation sites is 1. The Labute approximate surface area is 192 Å². The number of ether oxygens (including phenoxy) is 1. The van der Waals surface area contributed by atoms with Crippen molar-refractivity contribution in [1.29, 1.82) is 0 Å². The summed E-state index contributed by atoms with van der Waals surface area (Å²) in [5.74, 6) is -0.998. The van der Waals surface area contributed by atoms with E-state index >= 15 is 0 Å². The highest BCUT2D eigenvalue weighted by atomic mass is 35.5. The summed E-state index contributed by atoms with van der Waals surface area (Å²) in [7, 11) is -4.37. The van der Waals surface area contributed by atoms with Gasteiger partial charge in [-0.25, -0.2) is 14.7 Å². The van der Waals surface area contributed by atoms with Crippen LogP contribution in [0.1, 0.15) is 16.6 Å².